The van der Waals surface area contributed by atoms with Gasteiger partial charge in [0.15, 0.2) is 0 Å². The Morgan fingerprint density at radius 3 is 2.55 bits per heavy atom. The molecule has 1 aromatic rings. The molecule has 1 atom stereocenters. The summed E-state index contributed by atoms with van der Waals surface area (Å²) in [5.74, 6) is 1.17. The summed E-state index contributed by atoms with van der Waals surface area (Å²) in [6, 6.07) is 0. The van der Waals surface area contributed by atoms with Crippen LogP contribution in [0, 0.1) is 18.8 Å². The molecule has 4 nitrogen and oxygen atoms in total. The van der Waals surface area contributed by atoms with E-state index in [1.54, 1.807) is 11.3 Å². The largest absolute Gasteiger partial charge is 0.349 e. The molecule has 2 heterocycles. The molecule has 2 N–H and O–H groups in total. The van der Waals surface area contributed by atoms with Gasteiger partial charge in [-0.15, -0.1) is 23.7 Å². The maximum absolute atomic E-state index is 12.0. The standard InChI is InChI=1S/C14H23N3OS.ClH/c1-8(2)13-10(4)19-12(17-13)7-16-14(18)9(3)11-5-15-6-11;/h8-9,11,15H,5-7H2,1-4H3,(H,16,18);1H. The molecule has 0 radical (unpaired) electrons. The minimum absolute atomic E-state index is 0. The predicted octanol–water partition coefficient (Wildman–Crippen LogP) is 2.47. The highest BCUT2D eigenvalue weighted by atomic mass is 35.5. The Morgan fingerprint density at radius 1 is 1.45 bits per heavy atom. The van der Waals surface area contributed by atoms with Crippen LogP contribution in [-0.2, 0) is 11.3 Å². The lowest BCUT2D eigenvalue weighted by atomic mass is 9.88. The summed E-state index contributed by atoms with van der Waals surface area (Å²) < 4.78 is 0. The molecule has 0 saturated carbocycles. The highest BCUT2D eigenvalue weighted by Crippen LogP contribution is 2.24. The van der Waals surface area contributed by atoms with E-state index in [-0.39, 0.29) is 24.2 Å². The van der Waals surface area contributed by atoms with Gasteiger partial charge in [-0.1, -0.05) is 20.8 Å². The Morgan fingerprint density at radius 2 is 2.10 bits per heavy atom. The fourth-order valence-electron chi connectivity index (χ4n) is 2.28. The maximum Gasteiger partial charge on any atom is 0.223 e. The number of carbonyl (C=O) groups is 1. The molecule has 1 aliphatic heterocycles. The van der Waals surface area contributed by atoms with Gasteiger partial charge in [-0.05, 0) is 31.8 Å². The van der Waals surface area contributed by atoms with Crippen molar-refractivity contribution in [1.82, 2.24) is 15.6 Å². The normalized spacial score (nSPS) is 16.4. The highest BCUT2D eigenvalue weighted by molar-refractivity contribution is 7.11. The Balaban J connectivity index is 0.00000200. The second-order valence-electron chi connectivity index (χ2n) is 5.63. The third-order valence-electron chi connectivity index (χ3n) is 3.77. The van der Waals surface area contributed by atoms with Crippen LogP contribution in [0.1, 0.15) is 42.3 Å². The summed E-state index contributed by atoms with van der Waals surface area (Å²) in [4.78, 5) is 17.9. The number of hydrogen-bond donors (Lipinski definition) is 2. The maximum atomic E-state index is 12.0. The summed E-state index contributed by atoms with van der Waals surface area (Å²) in [6.07, 6.45) is 0. The number of hydrogen-bond acceptors (Lipinski definition) is 4. The molecule has 20 heavy (non-hydrogen) atoms. The van der Waals surface area contributed by atoms with E-state index in [9.17, 15) is 4.79 Å². The second kappa shape index (κ2) is 7.38. The van der Waals surface area contributed by atoms with E-state index in [1.807, 2.05) is 6.92 Å². The van der Waals surface area contributed by atoms with Gasteiger partial charge < -0.3 is 10.6 Å². The highest BCUT2D eigenvalue weighted by Gasteiger charge is 2.28. The number of carbonyl (C=O) groups excluding carboxylic acids is 1. The zero-order valence-electron chi connectivity index (χ0n) is 12.5. The van der Waals surface area contributed by atoms with Crippen molar-refractivity contribution >= 4 is 29.7 Å². The van der Waals surface area contributed by atoms with Gasteiger partial charge in [0.2, 0.25) is 5.91 Å². The fourth-order valence-corrected chi connectivity index (χ4v) is 3.31. The smallest absolute Gasteiger partial charge is 0.223 e. The van der Waals surface area contributed by atoms with Crippen molar-refractivity contribution in [1.29, 1.82) is 0 Å². The zero-order chi connectivity index (χ0) is 14.0. The van der Waals surface area contributed by atoms with E-state index in [0.717, 1.165) is 23.8 Å². The molecule has 0 aliphatic carbocycles. The lowest BCUT2D eigenvalue weighted by Crippen LogP contribution is -2.49. The number of nitrogens with zero attached hydrogens (tertiary/aromatic N) is 1. The molecule has 1 aromatic heterocycles. The van der Waals surface area contributed by atoms with Crippen LogP contribution < -0.4 is 10.6 Å². The molecule has 6 heteroatoms. The van der Waals surface area contributed by atoms with Crippen LogP contribution in [-0.4, -0.2) is 24.0 Å². The van der Waals surface area contributed by atoms with Crippen LogP contribution in [0.4, 0.5) is 0 Å². The minimum Gasteiger partial charge on any atom is -0.349 e. The number of nitrogens with one attached hydrogen (secondary N) is 2. The van der Waals surface area contributed by atoms with E-state index >= 15 is 0 Å². The second-order valence-corrected chi connectivity index (χ2v) is 6.92. The SMILES string of the molecule is Cc1sc(CNC(=O)C(C)C2CNC2)nc1C(C)C.Cl. The summed E-state index contributed by atoms with van der Waals surface area (Å²) >= 11 is 1.69. The first-order valence-electron chi connectivity index (χ1n) is 6.93. The van der Waals surface area contributed by atoms with Crippen LogP contribution in [0.25, 0.3) is 0 Å². The number of aromatic nitrogens is 1. The molecule has 2 rings (SSSR count). The molecule has 1 fully saturated rings. The van der Waals surface area contributed by atoms with Crippen molar-refractivity contribution < 1.29 is 4.79 Å². The van der Waals surface area contributed by atoms with Crippen LogP contribution in [0.5, 0.6) is 0 Å². The Bertz CT molecular complexity index is 457. The van der Waals surface area contributed by atoms with Crippen molar-refractivity contribution in [3.8, 4) is 0 Å². The Labute approximate surface area is 131 Å². The third-order valence-corrected chi connectivity index (χ3v) is 4.76. The van der Waals surface area contributed by atoms with Crippen molar-refractivity contribution in [2.24, 2.45) is 11.8 Å². The number of amides is 1. The van der Waals surface area contributed by atoms with E-state index in [2.05, 4.69) is 36.4 Å². The fraction of sp³-hybridized carbons (Fsp3) is 0.714. The van der Waals surface area contributed by atoms with E-state index in [1.165, 1.54) is 4.88 Å². The van der Waals surface area contributed by atoms with Crippen molar-refractivity contribution in [2.75, 3.05) is 13.1 Å². The average Bonchev–Trinajstić information content (AvgIpc) is 2.65. The molecule has 1 saturated heterocycles. The van der Waals surface area contributed by atoms with Crippen LogP contribution >= 0.6 is 23.7 Å². The first kappa shape index (κ1) is 17.4. The van der Waals surface area contributed by atoms with Gasteiger partial charge in [-0.25, -0.2) is 4.98 Å². The number of halogens is 1. The average molecular weight is 318 g/mol. The number of aryl methyl sites for hydroxylation is 1. The van der Waals surface area contributed by atoms with Crippen LogP contribution in [0.3, 0.4) is 0 Å². The van der Waals surface area contributed by atoms with E-state index in [4.69, 9.17) is 0 Å². The molecule has 1 amide bonds. The van der Waals surface area contributed by atoms with Crippen LogP contribution in [0.15, 0.2) is 0 Å². The van der Waals surface area contributed by atoms with Crippen LogP contribution in [0.2, 0.25) is 0 Å². The van der Waals surface area contributed by atoms with Gasteiger partial charge in [-0.2, -0.15) is 0 Å². The lowest BCUT2D eigenvalue weighted by Gasteiger charge is -2.31. The van der Waals surface area contributed by atoms with Gasteiger partial charge in [-0.3, -0.25) is 4.79 Å². The van der Waals surface area contributed by atoms with E-state index < -0.39 is 0 Å². The predicted molar refractivity (Wildman–Crippen MR) is 85.6 cm³/mol. The van der Waals surface area contributed by atoms with E-state index in [0.29, 0.717) is 18.4 Å². The van der Waals surface area contributed by atoms with Crippen molar-refractivity contribution in [3.05, 3.63) is 15.6 Å². The van der Waals surface area contributed by atoms with Gasteiger partial charge in [0.25, 0.3) is 0 Å². The summed E-state index contributed by atoms with van der Waals surface area (Å²) in [6.45, 7) is 10.9. The molecule has 0 aromatic carbocycles. The molecule has 1 unspecified atom stereocenters. The Kier molecular flexibility index (Phi) is 6.43. The molecule has 114 valence electrons. The molecule has 1 aliphatic rings. The molecule has 0 bridgehead atoms. The number of rotatable bonds is 5. The summed E-state index contributed by atoms with van der Waals surface area (Å²) in [5.41, 5.74) is 1.16. The monoisotopic (exact) mass is 317 g/mol. The third kappa shape index (κ3) is 3.93. The van der Waals surface area contributed by atoms with Gasteiger partial charge >= 0.3 is 0 Å². The molecule has 0 spiro atoms. The Hall–Kier alpha value is -0.650. The molecular weight excluding hydrogens is 294 g/mol. The van der Waals surface area contributed by atoms with Crippen molar-refractivity contribution in [2.45, 2.75) is 40.2 Å². The lowest BCUT2D eigenvalue weighted by molar-refractivity contribution is -0.126. The number of thiazole rings is 1. The van der Waals surface area contributed by atoms with Gasteiger partial charge in [0, 0.05) is 10.8 Å². The summed E-state index contributed by atoms with van der Waals surface area (Å²) in [5, 5.41) is 7.22. The van der Waals surface area contributed by atoms with Crippen molar-refractivity contribution in [3.63, 3.8) is 0 Å². The molecular formula is C14H24ClN3OS. The topological polar surface area (TPSA) is 54.0 Å². The van der Waals surface area contributed by atoms with Gasteiger partial charge in [0.1, 0.15) is 5.01 Å². The zero-order valence-corrected chi connectivity index (χ0v) is 14.2. The van der Waals surface area contributed by atoms with Gasteiger partial charge in [0.05, 0.1) is 12.2 Å². The minimum atomic E-state index is 0. The first-order chi connectivity index (χ1) is 8.99. The quantitative estimate of drug-likeness (QED) is 0.877. The first-order valence-corrected chi connectivity index (χ1v) is 7.75. The summed E-state index contributed by atoms with van der Waals surface area (Å²) in [7, 11) is 0.